The fraction of sp³-hybridized carbons (Fsp3) is 0.600. The van der Waals surface area contributed by atoms with E-state index in [1.807, 2.05) is 0 Å². The first-order chi connectivity index (χ1) is 9.34. The van der Waals surface area contributed by atoms with E-state index < -0.39 is 27.0 Å². The highest BCUT2D eigenvalue weighted by molar-refractivity contribution is 7.92. The van der Waals surface area contributed by atoms with Crippen molar-refractivity contribution in [3.8, 4) is 0 Å². The van der Waals surface area contributed by atoms with E-state index in [9.17, 15) is 17.9 Å². The summed E-state index contributed by atoms with van der Waals surface area (Å²) in [7, 11) is -3.83. The Balaban J connectivity index is 2.35. The summed E-state index contributed by atoms with van der Waals surface area (Å²) in [5.41, 5.74) is 0. The molecule has 5 heteroatoms. The molecule has 0 amide bonds. The molecule has 0 radical (unpaired) electrons. The molecule has 1 N–H and O–H groups in total. The molecule has 3 atom stereocenters. The Hall–Kier alpha value is -0.940. The van der Waals surface area contributed by atoms with Gasteiger partial charge in [-0.3, -0.25) is 0 Å². The molecule has 1 fully saturated rings. The third-order valence-corrected chi connectivity index (χ3v) is 6.53. The highest BCUT2D eigenvalue weighted by Gasteiger charge is 2.40. The lowest BCUT2D eigenvalue weighted by atomic mass is 9.80. The molecule has 0 spiro atoms. The minimum Gasteiger partial charge on any atom is -0.392 e. The molecule has 1 aromatic carbocycles. The maximum atomic E-state index is 13.8. The molecular weight excluding hydrogens is 279 g/mol. The normalized spacial score (nSPS) is 27.8. The minimum atomic E-state index is -3.83. The number of sulfone groups is 1. The lowest BCUT2D eigenvalue weighted by molar-refractivity contribution is 0.0996. The number of hydrogen-bond acceptors (Lipinski definition) is 3. The Morgan fingerprint density at radius 3 is 2.50 bits per heavy atom. The van der Waals surface area contributed by atoms with E-state index in [4.69, 9.17) is 0 Å². The van der Waals surface area contributed by atoms with E-state index in [2.05, 4.69) is 13.8 Å². The molecule has 112 valence electrons. The maximum Gasteiger partial charge on any atom is 0.186 e. The molecule has 0 bridgehead atoms. The van der Waals surface area contributed by atoms with Gasteiger partial charge in [0.2, 0.25) is 0 Å². The highest BCUT2D eigenvalue weighted by Crippen LogP contribution is 2.36. The minimum absolute atomic E-state index is 0.255. The average Bonchev–Trinajstić information content (AvgIpc) is 2.39. The van der Waals surface area contributed by atoms with E-state index in [-0.39, 0.29) is 10.8 Å². The standard InChI is InChI=1S/C15H21FO3S/c1-10(2)11-7-8-13(17)15(9-11)20(18,19)14-6-4-3-5-12(14)16/h3-6,10-11,13,15,17H,7-9H2,1-2H3. The van der Waals surface area contributed by atoms with E-state index in [1.165, 1.54) is 18.2 Å². The van der Waals surface area contributed by atoms with Crippen LogP contribution >= 0.6 is 0 Å². The number of halogens is 1. The lowest BCUT2D eigenvalue weighted by Crippen LogP contribution is -2.41. The van der Waals surface area contributed by atoms with Crippen LogP contribution in [0, 0.1) is 17.7 Å². The summed E-state index contributed by atoms with van der Waals surface area (Å²) in [6.45, 7) is 4.10. The van der Waals surface area contributed by atoms with Gasteiger partial charge in [-0.2, -0.15) is 0 Å². The van der Waals surface area contributed by atoms with Crippen LogP contribution < -0.4 is 0 Å². The Morgan fingerprint density at radius 1 is 1.25 bits per heavy atom. The summed E-state index contributed by atoms with van der Waals surface area (Å²) < 4.78 is 38.9. The predicted molar refractivity (Wildman–Crippen MR) is 75.6 cm³/mol. The quantitative estimate of drug-likeness (QED) is 0.934. The summed E-state index contributed by atoms with van der Waals surface area (Å²) in [5, 5.41) is 9.15. The van der Waals surface area contributed by atoms with Gasteiger partial charge >= 0.3 is 0 Å². The van der Waals surface area contributed by atoms with E-state index in [0.717, 1.165) is 12.5 Å². The molecule has 1 aliphatic carbocycles. The highest BCUT2D eigenvalue weighted by atomic mass is 32.2. The van der Waals surface area contributed by atoms with Crippen molar-refractivity contribution in [1.82, 2.24) is 0 Å². The molecule has 1 aliphatic rings. The van der Waals surface area contributed by atoms with Crippen LogP contribution in [-0.2, 0) is 9.84 Å². The van der Waals surface area contributed by atoms with Crippen LogP contribution in [0.2, 0.25) is 0 Å². The van der Waals surface area contributed by atoms with Crippen molar-refractivity contribution in [1.29, 1.82) is 0 Å². The molecule has 0 saturated heterocycles. The van der Waals surface area contributed by atoms with Crippen molar-refractivity contribution < 1.29 is 17.9 Å². The summed E-state index contributed by atoms with van der Waals surface area (Å²) in [5.74, 6) is -0.128. The largest absolute Gasteiger partial charge is 0.392 e. The zero-order valence-corrected chi connectivity index (χ0v) is 12.6. The van der Waals surface area contributed by atoms with Crippen LogP contribution in [0.1, 0.15) is 33.1 Å². The Bertz CT molecular complexity index is 568. The van der Waals surface area contributed by atoms with Crippen LogP contribution in [0.3, 0.4) is 0 Å². The van der Waals surface area contributed by atoms with Crippen molar-refractivity contribution in [2.45, 2.75) is 49.4 Å². The average molecular weight is 300 g/mol. The van der Waals surface area contributed by atoms with Crippen LogP contribution in [0.4, 0.5) is 4.39 Å². The topological polar surface area (TPSA) is 54.4 Å². The van der Waals surface area contributed by atoms with Gasteiger partial charge < -0.3 is 5.11 Å². The van der Waals surface area contributed by atoms with Crippen LogP contribution in [0.15, 0.2) is 29.2 Å². The van der Waals surface area contributed by atoms with Crippen molar-refractivity contribution >= 4 is 9.84 Å². The first kappa shape index (κ1) is 15.4. The molecule has 0 heterocycles. The molecule has 3 nitrogen and oxygen atoms in total. The van der Waals surface area contributed by atoms with Gasteiger partial charge in [0.1, 0.15) is 10.7 Å². The molecule has 1 saturated carbocycles. The fourth-order valence-electron chi connectivity index (χ4n) is 2.92. The number of hydrogen-bond donors (Lipinski definition) is 1. The first-order valence-corrected chi connectivity index (χ1v) is 8.55. The fourth-order valence-corrected chi connectivity index (χ4v) is 4.91. The van der Waals surface area contributed by atoms with Crippen LogP contribution in [0.25, 0.3) is 0 Å². The summed E-state index contributed by atoms with van der Waals surface area (Å²) in [4.78, 5) is -0.298. The molecule has 0 aromatic heterocycles. The van der Waals surface area contributed by atoms with Gasteiger partial charge in [-0.15, -0.1) is 0 Å². The Kier molecular flexibility index (Phi) is 4.49. The van der Waals surface area contributed by atoms with Gasteiger partial charge in [0, 0.05) is 0 Å². The van der Waals surface area contributed by atoms with Gasteiger partial charge in [0.25, 0.3) is 0 Å². The molecular formula is C15H21FO3S. The molecule has 2 rings (SSSR count). The van der Waals surface area contributed by atoms with Gasteiger partial charge in [0.05, 0.1) is 11.4 Å². The van der Waals surface area contributed by atoms with Crippen molar-refractivity contribution in [3.05, 3.63) is 30.1 Å². The third kappa shape index (κ3) is 2.88. The zero-order valence-electron chi connectivity index (χ0n) is 11.8. The van der Waals surface area contributed by atoms with Gasteiger partial charge in [-0.25, -0.2) is 12.8 Å². The van der Waals surface area contributed by atoms with Gasteiger partial charge in [0.15, 0.2) is 9.84 Å². The smallest absolute Gasteiger partial charge is 0.186 e. The van der Waals surface area contributed by atoms with Crippen molar-refractivity contribution in [3.63, 3.8) is 0 Å². The number of rotatable bonds is 3. The lowest BCUT2D eigenvalue weighted by Gasteiger charge is -2.34. The van der Waals surface area contributed by atoms with Crippen molar-refractivity contribution in [2.75, 3.05) is 0 Å². The van der Waals surface area contributed by atoms with E-state index >= 15 is 0 Å². The van der Waals surface area contributed by atoms with Crippen LogP contribution in [-0.4, -0.2) is 24.9 Å². The van der Waals surface area contributed by atoms with E-state index in [1.54, 1.807) is 0 Å². The third-order valence-electron chi connectivity index (χ3n) is 4.28. The number of aliphatic hydroxyl groups is 1. The Labute approximate surface area is 119 Å². The summed E-state index contributed by atoms with van der Waals surface area (Å²) in [6.07, 6.45) is 0.772. The van der Waals surface area contributed by atoms with Crippen molar-refractivity contribution in [2.24, 2.45) is 11.8 Å². The summed E-state index contributed by atoms with van der Waals surface area (Å²) >= 11 is 0. The summed E-state index contributed by atoms with van der Waals surface area (Å²) in [6, 6.07) is 5.38. The molecule has 20 heavy (non-hydrogen) atoms. The maximum absolute atomic E-state index is 13.8. The van der Waals surface area contributed by atoms with Gasteiger partial charge in [-0.05, 0) is 43.2 Å². The predicted octanol–water partition coefficient (Wildman–Crippen LogP) is 2.79. The second-order valence-electron chi connectivity index (χ2n) is 5.90. The van der Waals surface area contributed by atoms with E-state index in [0.29, 0.717) is 18.8 Å². The van der Waals surface area contributed by atoms with Gasteiger partial charge in [-0.1, -0.05) is 26.0 Å². The molecule has 0 aliphatic heterocycles. The Morgan fingerprint density at radius 2 is 1.90 bits per heavy atom. The zero-order chi connectivity index (χ0) is 14.9. The molecule has 1 aromatic rings. The monoisotopic (exact) mass is 300 g/mol. The number of benzene rings is 1. The second kappa shape index (κ2) is 5.82. The SMILES string of the molecule is CC(C)C1CCC(O)C(S(=O)(=O)c2ccccc2F)C1. The first-order valence-electron chi connectivity index (χ1n) is 7.00. The second-order valence-corrected chi connectivity index (χ2v) is 8.03. The van der Waals surface area contributed by atoms with Crippen LogP contribution in [0.5, 0.6) is 0 Å². The number of aliphatic hydroxyl groups excluding tert-OH is 1. The molecule has 3 unspecified atom stereocenters.